The van der Waals surface area contributed by atoms with E-state index >= 15 is 0 Å². The SMILES string of the molecule is Cc1ccc(S(=O)(=O)Nc2cc(-c3cccn3C)ccc2C)cc1. The van der Waals surface area contributed by atoms with Gasteiger partial charge in [0.15, 0.2) is 0 Å². The first-order chi connectivity index (χ1) is 11.4. The van der Waals surface area contributed by atoms with E-state index in [1.807, 2.05) is 62.0 Å². The van der Waals surface area contributed by atoms with E-state index in [0.717, 1.165) is 22.4 Å². The number of nitrogens with one attached hydrogen (secondary N) is 1. The molecule has 0 unspecified atom stereocenters. The zero-order valence-electron chi connectivity index (χ0n) is 13.9. The fraction of sp³-hybridized carbons (Fsp3) is 0.158. The quantitative estimate of drug-likeness (QED) is 0.777. The minimum Gasteiger partial charge on any atom is -0.351 e. The normalized spacial score (nSPS) is 11.5. The van der Waals surface area contributed by atoms with E-state index in [9.17, 15) is 8.42 Å². The van der Waals surface area contributed by atoms with Crippen molar-refractivity contribution in [3.05, 3.63) is 71.9 Å². The van der Waals surface area contributed by atoms with Gasteiger partial charge >= 0.3 is 0 Å². The van der Waals surface area contributed by atoms with Gasteiger partial charge in [0.25, 0.3) is 10.0 Å². The van der Waals surface area contributed by atoms with Crippen LogP contribution in [0.4, 0.5) is 5.69 Å². The molecular weight excluding hydrogens is 320 g/mol. The highest BCUT2D eigenvalue weighted by Gasteiger charge is 2.15. The van der Waals surface area contributed by atoms with Crippen molar-refractivity contribution in [3.63, 3.8) is 0 Å². The number of aryl methyl sites for hydroxylation is 3. The number of hydrogen-bond acceptors (Lipinski definition) is 2. The van der Waals surface area contributed by atoms with Gasteiger partial charge in [0.2, 0.25) is 0 Å². The number of benzene rings is 2. The predicted molar refractivity (Wildman–Crippen MR) is 97.6 cm³/mol. The van der Waals surface area contributed by atoms with Gasteiger partial charge in [0.05, 0.1) is 10.6 Å². The first-order valence-corrected chi connectivity index (χ1v) is 9.17. The fourth-order valence-corrected chi connectivity index (χ4v) is 3.70. The Kier molecular flexibility index (Phi) is 4.20. The van der Waals surface area contributed by atoms with Crippen molar-refractivity contribution in [1.29, 1.82) is 0 Å². The van der Waals surface area contributed by atoms with Gasteiger partial charge in [-0.05, 0) is 49.7 Å². The molecule has 2 aromatic carbocycles. The third-order valence-corrected chi connectivity index (χ3v) is 5.43. The molecule has 3 rings (SSSR count). The van der Waals surface area contributed by atoms with E-state index in [1.165, 1.54) is 0 Å². The topological polar surface area (TPSA) is 51.1 Å². The van der Waals surface area contributed by atoms with E-state index in [0.29, 0.717) is 5.69 Å². The first kappa shape index (κ1) is 16.3. The summed E-state index contributed by atoms with van der Waals surface area (Å²) in [6, 6.07) is 16.6. The average Bonchev–Trinajstić information content (AvgIpc) is 2.96. The van der Waals surface area contributed by atoms with E-state index in [-0.39, 0.29) is 4.90 Å². The molecular formula is C19H20N2O2S. The summed E-state index contributed by atoms with van der Waals surface area (Å²) in [5.74, 6) is 0. The number of aromatic nitrogens is 1. The monoisotopic (exact) mass is 340 g/mol. The number of nitrogens with zero attached hydrogens (tertiary/aromatic N) is 1. The molecule has 1 N–H and O–H groups in total. The van der Waals surface area contributed by atoms with Crippen LogP contribution in [-0.2, 0) is 17.1 Å². The summed E-state index contributed by atoms with van der Waals surface area (Å²) >= 11 is 0. The van der Waals surface area contributed by atoms with Crippen LogP contribution in [0.25, 0.3) is 11.3 Å². The second-order valence-electron chi connectivity index (χ2n) is 5.95. The minimum atomic E-state index is -3.61. The Hall–Kier alpha value is -2.53. The Morgan fingerprint density at radius 3 is 2.29 bits per heavy atom. The van der Waals surface area contributed by atoms with Crippen LogP contribution in [0.15, 0.2) is 65.7 Å². The highest BCUT2D eigenvalue weighted by molar-refractivity contribution is 7.92. The number of anilines is 1. The largest absolute Gasteiger partial charge is 0.351 e. The van der Waals surface area contributed by atoms with Crippen molar-refractivity contribution in [3.8, 4) is 11.3 Å². The van der Waals surface area contributed by atoms with Crippen LogP contribution in [0.2, 0.25) is 0 Å². The number of rotatable bonds is 4. The zero-order valence-corrected chi connectivity index (χ0v) is 14.8. The molecule has 1 heterocycles. The fourth-order valence-electron chi connectivity index (χ4n) is 2.57. The molecule has 0 spiro atoms. The number of hydrogen-bond donors (Lipinski definition) is 1. The molecule has 3 aromatic rings. The van der Waals surface area contributed by atoms with Crippen molar-refractivity contribution in [1.82, 2.24) is 4.57 Å². The second-order valence-corrected chi connectivity index (χ2v) is 7.63. The Morgan fingerprint density at radius 1 is 0.958 bits per heavy atom. The van der Waals surface area contributed by atoms with E-state index < -0.39 is 10.0 Å². The van der Waals surface area contributed by atoms with E-state index in [4.69, 9.17) is 0 Å². The van der Waals surface area contributed by atoms with Gasteiger partial charge in [-0.25, -0.2) is 8.42 Å². The second kappa shape index (κ2) is 6.17. The Labute approximate surface area is 142 Å². The molecule has 0 aliphatic carbocycles. The lowest BCUT2D eigenvalue weighted by molar-refractivity contribution is 0.601. The lowest BCUT2D eigenvalue weighted by atomic mass is 10.1. The molecule has 0 aliphatic heterocycles. The molecule has 0 fully saturated rings. The van der Waals surface area contributed by atoms with Gasteiger partial charge in [-0.3, -0.25) is 4.72 Å². The lowest BCUT2D eigenvalue weighted by Crippen LogP contribution is -2.13. The van der Waals surface area contributed by atoms with Crippen molar-refractivity contribution in [2.24, 2.45) is 7.05 Å². The van der Waals surface area contributed by atoms with Crippen LogP contribution < -0.4 is 4.72 Å². The Balaban J connectivity index is 1.98. The highest BCUT2D eigenvalue weighted by atomic mass is 32.2. The van der Waals surface area contributed by atoms with Crippen LogP contribution in [0.5, 0.6) is 0 Å². The molecule has 4 nitrogen and oxygen atoms in total. The first-order valence-electron chi connectivity index (χ1n) is 7.69. The molecule has 124 valence electrons. The van der Waals surface area contributed by atoms with E-state index in [2.05, 4.69) is 4.72 Å². The van der Waals surface area contributed by atoms with Gasteiger partial charge in [-0.1, -0.05) is 29.8 Å². The Bertz CT molecular complexity index is 971. The molecule has 5 heteroatoms. The van der Waals surface area contributed by atoms with Crippen molar-refractivity contribution in [2.45, 2.75) is 18.7 Å². The van der Waals surface area contributed by atoms with Crippen molar-refractivity contribution >= 4 is 15.7 Å². The molecule has 1 aromatic heterocycles. The Morgan fingerprint density at radius 2 is 1.67 bits per heavy atom. The van der Waals surface area contributed by atoms with E-state index in [1.54, 1.807) is 24.3 Å². The van der Waals surface area contributed by atoms with Crippen LogP contribution in [-0.4, -0.2) is 13.0 Å². The maximum Gasteiger partial charge on any atom is 0.261 e. The summed E-state index contributed by atoms with van der Waals surface area (Å²) in [6.45, 7) is 3.82. The summed E-state index contributed by atoms with van der Waals surface area (Å²) in [5, 5.41) is 0. The summed E-state index contributed by atoms with van der Waals surface area (Å²) in [6.07, 6.45) is 1.96. The highest BCUT2D eigenvalue weighted by Crippen LogP contribution is 2.27. The molecule has 0 amide bonds. The average molecular weight is 340 g/mol. The lowest BCUT2D eigenvalue weighted by Gasteiger charge is -2.13. The third-order valence-electron chi connectivity index (χ3n) is 4.05. The molecule has 0 bridgehead atoms. The molecule has 0 aliphatic rings. The standard InChI is InChI=1S/C19H20N2O2S/c1-14-6-10-17(11-7-14)24(22,23)20-18-13-16(9-8-15(18)2)19-5-4-12-21(19)3/h4-13,20H,1-3H3. The van der Waals surface area contributed by atoms with Crippen LogP contribution in [0.1, 0.15) is 11.1 Å². The molecule has 0 saturated heterocycles. The smallest absolute Gasteiger partial charge is 0.261 e. The zero-order chi connectivity index (χ0) is 17.3. The van der Waals surface area contributed by atoms with Gasteiger partial charge in [0.1, 0.15) is 0 Å². The summed E-state index contributed by atoms with van der Waals surface area (Å²) in [4.78, 5) is 0.261. The van der Waals surface area contributed by atoms with Crippen LogP contribution >= 0.6 is 0 Å². The van der Waals surface area contributed by atoms with Gasteiger partial charge in [-0.2, -0.15) is 0 Å². The molecule has 0 atom stereocenters. The van der Waals surface area contributed by atoms with Crippen molar-refractivity contribution in [2.75, 3.05) is 4.72 Å². The third kappa shape index (κ3) is 3.21. The van der Waals surface area contributed by atoms with Gasteiger partial charge in [0, 0.05) is 24.5 Å². The summed E-state index contributed by atoms with van der Waals surface area (Å²) < 4.78 is 29.9. The molecule has 24 heavy (non-hydrogen) atoms. The van der Waals surface area contributed by atoms with Crippen LogP contribution in [0.3, 0.4) is 0 Å². The maximum atomic E-state index is 12.6. The molecule has 0 radical (unpaired) electrons. The van der Waals surface area contributed by atoms with Gasteiger partial charge < -0.3 is 4.57 Å². The predicted octanol–water partition coefficient (Wildman–Crippen LogP) is 4.11. The van der Waals surface area contributed by atoms with Crippen molar-refractivity contribution < 1.29 is 8.42 Å². The maximum absolute atomic E-state index is 12.6. The van der Waals surface area contributed by atoms with Crippen LogP contribution in [0, 0.1) is 13.8 Å². The number of sulfonamides is 1. The minimum absolute atomic E-state index is 0.261. The summed E-state index contributed by atoms with van der Waals surface area (Å²) in [5.41, 5.74) is 4.49. The van der Waals surface area contributed by atoms with Gasteiger partial charge in [-0.15, -0.1) is 0 Å². The molecule has 0 saturated carbocycles. The summed E-state index contributed by atoms with van der Waals surface area (Å²) in [7, 11) is -1.64.